The van der Waals surface area contributed by atoms with Gasteiger partial charge in [0.2, 0.25) is 0 Å². The zero-order chi connectivity index (χ0) is 34.8. The van der Waals surface area contributed by atoms with Gasteiger partial charge in [0.05, 0.1) is 19.3 Å². The lowest BCUT2D eigenvalue weighted by atomic mass is 9.82. The summed E-state index contributed by atoms with van der Waals surface area (Å²) in [6, 6.07) is 26.5. The second-order valence-corrected chi connectivity index (χ2v) is 12.8. The lowest BCUT2D eigenvalue weighted by Crippen LogP contribution is -2.31. The van der Waals surface area contributed by atoms with Gasteiger partial charge in [-0.3, -0.25) is 10.1 Å². The first-order chi connectivity index (χ1) is 23.7. The first kappa shape index (κ1) is 35.5. The van der Waals surface area contributed by atoms with Crippen LogP contribution < -0.4 is 14.8 Å². The van der Waals surface area contributed by atoms with Crippen LogP contribution in [0.4, 0.5) is 0 Å². The highest BCUT2D eigenvalue weighted by Gasteiger charge is 2.28. The fourth-order valence-electron chi connectivity index (χ4n) is 6.26. The Balaban J connectivity index is 1.38. The number of aliphatic hydroxyl groups excluding tert-OH is 2. The number of carbonyl (C=O) groups is 1. The fraction of sp³-hybridized carbons (Fsp3) is 0.325. The van der Waals surface area contributed by atoms with Gasteiger partial charge in [0.25, 0.3) is 0 Å². The van der Waals surface area contributed by atoms with Gasteiger partial charge < -0.3 is 34.9 Å². The molecule has 5 aromatic rings. The van der Waals surface area contributed by atoms with Crippen molar-refractivity contribution in [3.8, 4) is 23.0 Å². The molecule has 0 bridgehead atoms. The van der Waals surface area contributed by atoms with Gasteiger partial charge >= 0.3 is 0 Å². The summed E-state index contributed by atoms with van der Waals surface area (Å²) in [4.78, 5) is 17.3. The van der Waals surface area contributed by atoms with E-state index in [0.717, 1.165) is 33.0 Å². The van der Waals surface area contributed by atoms with Crippen molar-refractivity contribution in [1.82, 2.24) is 10.3 Å². The van der Waals surface area contributed by atoms with Gasteiger partial charge in [0.15, 0.2) is 23.0 Å². The third-order valence-corrected chi connectivity index (χ3v) is 8.88. The summed E-state index contributed by atoms with van der Waals surface area (Å²) in [6.07, 6.45) is 4.12. The predicted molar refractivity (Wildman–Crippen MR) is 190 cm³/mol. The number of aliphatic hydroxyl groups is 2. The fourth-order valence-corrected chi connectivity index (χ4v) is 6.26. The molecule has 1 heterocycles. The molecule has 9 nitrogen and oxygen atoms in total. The molecule has 0 aliphatic rings. The van der Waals surface area contributed by atoms with Crippen molar-refractivity contribution in [2.45, 2.75) is 51.2 Å². The Labute approximate surface area is 287 Å². The van der Waals surface area contributed by atoms with E-state index in [1.807, 2.05) is 42.7 Å². The summed E-state index contributed by atoms with van der Waals surface area (Å²) in [5.74, 6) is -0.134. The summed E-state index contributed by atoms with van der Waals surface area (Å²) < 4.78 is 11.1. The first-order valence-corrected chi connectivity index (χ1v) is 16.7. The number of aromatic hydroxyl groups is 2. The minimum Gasteiger partial charge on any atom is -0.504 e. The van der Waals surface area contributed by atoms with Crippen LogP contribution in [-0.2, 0) is 30.5 Å². The largest absolute Gasteiger partial charge is 0.504 e. The van der Waals surface area contributed by atoms with Crippen LogP contribution in [0.2, 0.25) is 0 Å². The molecule has 1 aromatic heterocycles. The summed E-state index contributed by atoms with van der Waals surface area (Å²) in [6.45, 7) is 2.11. The number of benzene rings is 4. The number of Topliss-reactive ketones (excluding diaryl/α,β-unsaturated/α-hetero) is 1. The van der Waals surface area contributed by atoms with E-state index in [1.165, 1.54) is 7.11 Å². The van der Waals surface area contributed by atoms with Gasteiger partial charge in [-0.15, -0.1) is 0 Å². The molecular weight excluding hydrogens is 620 g/mol. The van der Waals surface area contributed by atoms with Crippen LogP contribution in [0, 0.1) is 11.8 Å². The molecule has 4 aromatic carbocycles. The number of H-pyrrole nitrogens is 1. The number of aromatic amines is 1. The van der Waals surface area contributed by atoms with Gasteiger partial charge in [-0.25, -0.2) is 0 Å². The normalized spacial score (nSPS) is 13.9. The van der Waals surface area contributed by atoms with Gasteiger partial charge in [0, 0.05) is 31.3 Å². The summed E-state index contributed by atoms with van der Waals surface area (Å²) >= 11 is 0. The van der Waals surface area contributed by atoms with Gasteiger partial charge in [0.1, 0.15) is 12.5 Å². The standard InChI is InChI=1S/C40H46N2O7/c1-26(43)23-42-25-49-40-21-29(9-12-36(40)45)18-33(16-27-7-10-31-5-3-4-6-32(31)15-27)37(46)22-38(47)34(19-30-13-14-41-24-30)17-28-8-11-35(44)39(20-28)48-2/h3-15,20-21,24,26,33-34,38,41-45,47H,16-19,22-23,25H2,1-2H3. The molecule has 9 heteroatoms. The Morgan fingerprint density at radius 3 is 2.10 bits per heavy atom. The van der Waals surface area contributed by atoms with Gasteiger partial charge in [-0.05, 0) is 102 Å². The topological polar surface area (TPSA) is 144 Å². The maximum Gasteiger partial charge on any atom is 0.163 e. The zero-order valence-electron chi connectivity index (χ0n) is 28.0. The van der Waals surface area contributed by atoms with Crippen LogP contribution in [0.3, 0.4) is 0 Å². The van der Waals surface area contributed by atoms with Crippen molar-refractivity contribution in [1.29, 1.82) is 0 Å². The Bertz CT molecular complexity index is 1800. The minimum absolute atomic E-state index is 0.0196. The van der Waals surface area contributed by atoms with Crippen LogP contribution >= 0.6 is 0 Å². The number of aromatic nitrogens is 1. The van der Waals surface area contributed by atoms with E-state index in [0.29, 0.717) is 38.0 Å². The maximum atomic E-state index is 14.2. The van der Waals surface area contributed by atoms with E-state index >= 15 is 0 Å². The van der Waals surface area contributed by atoms with Crippen LogP contribution in [0.15, 0.2) is 97.3 Å². The smallest absolute Gasteiger partial charge is 0.163 e. The Hall–Kier alpha value is -4.83. The number of hydrogen-bond acceptors (Lipinski definition) is 8. The molecule has 0 aliphatic heterocycles. The molecule has 0 amide bonds. The predicted octanol–water partition coefficient (Wildman–Crippen LogP) is 5.72. The Morgan fingerprint density at radius 1 is 0.776 bits per heavy atom. The molecule has 4 atom stereocenters. The number of hydrogen-bond donors (Lipinski definition) is 6. The van der Waals surface area contributed by atoms with E-state index in [2.05, 4.69) is 34.6 Å². The van der Waals surface area contributed by atoms with Crippen LogP contribution in [0.25, 0.3) is 10.8 Å². The third-order valence-electron chi connectivity index (χ3n) is 8.88. The number of phenolic OH excluding ortho intramolecular Hbond substituents is 2. The molecule has 4 unspecified atom stereocenters. The highest BCUT2D eigenvalue weighted by molar-refractivity contribution is 5.84. The number of carbonyl (C=O) groups excluding carboxylic acids is 1. The van der Waals surface area contributed by atoms with E-state index < -0.39 is 18.1 Å². The highest BCUT2D eigenvalue weighted by atomic mass is 16.5. The molecule has 0 radical (unpaired) electrons. The number of rotatable bonds is 18. The van der Waals surface area contributed by atoms with Gasteiger partial charge in [-0.1, -0.05) is 54.6 Å². The zero-order valence-corrected chi connectivity index (χ0v) is 28.0. The number of nitrogens with one attached hydrogen (secondary N) is 2. The van der Waals surface area contributed by atoms with Crippen LogP contribution in [0.1, 0.15) is 35.6 Å². The molecular formula is C40H46N2O7. The SMILES string of the molecule is COc1cc(CC(Cc2cc[nH]c2)C(O)CC(=O)C(Cc2ccc(O)c(OCNCC(C)O)c2)Cc2ccc3ccccc3c2)ccc1O. The molecule has 0 saturated heterocycles. The number of ketones is 1. The van der Waals surface area contributed by atoms with Crippen LogP contribution in [-0.4, -0.2) is 63.8 Å². The van der Waals surface area contributed by atoms with Crippen molar-refractivity contribution < 1.29 is 34.7 Å². The first-order valence-electron chi connectivity index (χ1n) is 16.7. The molecule has 258 valence electrons. The summed E-state index contributed by atoms with van der Waals surface area (Å²) in [5, 5.41) is 47.0. The Kier molecular flexibility index (Phi) is 12.3. The lowest BCUT2D eigenvalue weighted by molar-refractivity contribution is -0.125. The van der Waals surface area contributed by atoms with E-state index in [4.69, 9.17) is 9.47 Å². The van der Waals surface area contributed by atoms with E-state index in [9.17, 15) is 25.2 Å². The van der Waals surface area contributed by atoms with Crippen molar-refractivity contribution in [3.63, 3.8) is 0 Å². The Morgan fingerprint density at radius 2 is 1.41 bits per heavy atom. The highest BCUT2D eigenvalue weighted by Crippen LogP contribution is 2.32. The maximum absolute atomic E-state index is 14.2. The lowest BCUT2D eigenvalue weighted by Gasteiger charge is -2.25. The number of methoxy groups -OCH3 is 1. The van der Waals surface area contributed by atoms with Crippen molar-refractivity contribution in [2.75, 3.05) is 20.4 Å². The van der Waals surface area contributed by atoms with Crippen LogP contribution in [0.5, 0.6) is 23.0 Å². The third kappa shape index (κ3) is 10.1. The summed E-state index contributed by atoms with van der Waals surface area (Å²) in [5.41, 5.74) is 3.74. The average molecular weight is 667 g/mol. The monoisotopic (exact) mass is 666 g/mol. The number of fused-ring (bicyclic) bond motifs is 1. The van der Waals surface area contributed by atoms with Crippen molar-refractivity contribution >= 4 is 16.6 Å². The molecule has 5 rings (SSSR count). The summed E-state index contributed by atoms with van der Waals surface area (Å²) in [7, 11) is 1.50. The molecule has 49 heavy (non-hydrogen) atoms. The molecule has 6 N–H and O–H groups in total. The van der Waals surface area contributed by atoms with E-state index in [1.54, 1.807) is 37.3 Å². The quantitative estimate of drug-likeness (QED) is 0.0515. The van der Waals surface area contributed by atoms with Gasteiger partial charge in [-0.2, -0.15) is 0 Å². The minimum atomic E-state index is -0.931. The second-order valence-electron chi connectivity index (χ2n) is 12.8. The van der Waals surface area contributed by atoms with E-state index in [-0.39, 0.29) is 42.1 Å². The molecule has 0 saturated carbocycles. The molecule has 0 spiro atoms. The molecule has 0 aliphatic carbocycles. The van der Waals surface area contributed by atoms with Crippen molar-refractivity contribution in [3.05, 3.63) is 120 Å². The number of phenols is 2. The molecule has 0 fully saturated rings. The number of ether oxygens (including phenoxy) is 2. The average Bonchev–Trinajstić information content (AvgIpc) is 3.61. The second kappa shape index (κ2) is 17.0. The van der Waals surface area contributed by atoms with Crippen molar-refractivity contribution in [2.24, 2.45) is 11.8 Å².